The number of hydrogen-bond donors (Lipinski definition) is 1. The molecule has 0 spiro atoms. The number of benzene rings is 2. The Morgan fingerprint density at radius 2 is 1.77 bits per heavy atom. The molecule has 2 aromatic rings. The Morgan fingerprint density at radius 3 is 2.34 bits per heavy atom. The third-order valence-corrected chi connectivity index (χ3v) is 7.12. The predicted octanol–water partition coefficient (Wildman–Crippen LogP) is 3.84. The Kier molecular flexibility index (Phi) is 10.4. The highest BCUT2D eigenvalue weighted by molar-refractivity contribution is 7.92. The number of methoxy groups -OCH3 is 1. The van der Waals surface area contributed by atoms with E-state index in [2.05, 4.69) is 5.32 Å². The van der Waals surface area contributed by atoms with Gasteiger partial charge in [0.25, 0.3) is 0 Å². The molecule has 0 bridgehead atoms. The highest BCUT2D eigenvalue weighted by atomic mass is 35.5. The van der Waals surface area contributed by atoms with Gasteiger partial charge in [0.1, 0.15) is 18.3 Å². The van der Waals surface area contributed by atoms with Crippen molar-refractivity contribution in [1.82, 2.24) is 10.2 Å². The van der Waals surface area contributed by atoms with Gasteiger partial charge in [-0.25, -0.2) is 8.42 Å². The molecule has 1 N–H and O–H groups in total. The summed E-state index contributed by atoms with van der Waals surface area (Å²) in [7, 11) is -2.30. The average Bonchev–Trinajstić information content (AvgIpc) is 2.82. The third kappa shape index (κ3) is 7.86. The maximum Gasteiger partial charge on any atom is 0.244 e. The summed E-state index contributed by atoms with van der Waals surface area (Å²) in [6, 6.07) is 12.7. The van der Waals surface area contributed by atoms with Gasteiger partial charge in [-0.3, -0.25) is 13.9 Å². The highest BCUT2D eigenvalue weighted by Gasteiger charge is 2.32. The zero-order valence-electron chi connectivity index (χ0n) is 20.8. The van der Waals surface area contributed by atoms with E-state index in [1.807, 2.05) is 26.8 Å². The Labute approximate surface area is 213 Å². The van der Waals surface area contributed by atoms with Gasteiger partial charge >= 0.3 is 0 Å². The van der Waals surface area contributed by atoms with Gasteiger partial charge in [0.15, 0.2) is 0 Å². The molecule has 2 atom stereocenters. The molecule has 0 aliphatic heterocycles. The van der Waals surface area contributed by atoms with E-state index in [1.165, 1.54) is 11.0 Å². The average molecular weight is 524 g/mol. The summed E-state index contributed by atoms with van der Waals surface area (Å²) in [5.41, 5.74) is 0.944. The summed E-state index contributed by atoms with van der Waals surface area (Å²) in [6.45, 7) is 5.26. The molecular weight excluding hydrogens is 490 g/mol. The number of carbonyl (C=O) groups excluding carboxylic acids is 2. The summed E-state index contributed by atoms with van der Waals surface area (Å²) >= 11 is 6.26. The highest BCUT2D eigenvalue weighted by Crippen LogP contribution is 2.27. The number of ether oxygens (including phenoxy) is 1. The van der Waals surface area contributed by atoms with E-state index >= 15 is 0 Å². The molecule has 2 aromatic carbocycles. The molecule has 35 heavy (non-hydrogen) atoms. The van der Waals surface area contributed by atoms with E-state index in [1.54, 1.807) is 43.5 Å². The van der Waals surface area contributed by atoms with Crippen LogP contribution in [0.4, 0.5) is 5.69 Å². The van der Waals surface area contributed by atoms with E-state index in [4.69, 9.17) is 16.3 Å². The van der Waals surface area contributed by atoms with Crippen LogP contribution in [-0.2, 0) is 26.2 Å². The Balaban J connectivity index is 2.47. The number of halogens is 1. The fourth-order valence-corrected chi connectivity index (χ4v) is 4.73. The first-order valence-electron chi connectivity index (χ1n) is 11.5. The zero-order chi connectivity index (χ0) is 26.2. The summed E-state index contributed by atoms with van der Waals surface area (Å²) in [5, 5.41) is 3.14. The van der Waals surface area contributed by atoms with Crippen molar-refractivity contribution in [2.24, 2.45) is 0 Å². The van der Waals surface area contributed by atoms with Gasteiger partial charge in [-0.05, 0) is 49.6 Å². The first kappa shape index (κ1) is 28.5. The minimum atomic E-state index is -3.85. The molecule has 0 saturated heterocycles. The summed E-state index contributed by atoms with van der Waals surface area (Å²) in [5.74, 6) is -0.202. The monoisotopic (exact) mass is 523 g/mol. The van der Waals surface area contributed by atoms with Gasteiger partial charge in [0.05, 0.1) is 24.1 Å². The van der Waals surface area contributed by atoms with Crippen LogP contribution in [0.2, 0.25) is 5.02 Å². The van der Waals surface area contributed by atoms with Crippen LogP contribution in [0.3, 0.4) is 0 Å². The standard InChI is InChI=1S/C25H34ClN3O5S/c1-6-18(3)27-25(31)22(7-2)28(16-19-11-10-12-20(15-19)34-4)24(30)17-29(35(5,32)33)23-14-9-8-13-21(23)26/h8-15,18,22H,6-7,16-17H2,1-5H3,(H,27,31)/t18-,22+/m0/s1. The normalized spacial score (nSPS) is 13.0. The maximum absolute atomic E-state index is 13.7. The van der Waals surface area contributed by atoms with Crippen LogP contribution in [-0.4, -0.2) is 57.1 Å². The van der Waals surface area contributed by atoms with Crippen molar-refractivity contribution in [2.45, 2.75) is 52.2 Å². The second-order valence-electron chi connectivity index (χ2n) is 8.34. The van der Waals surface area contributed by atoms with Crippen molar-refractivity contribution < 1.29 is 22.7 Å². The van der Waals surface area contributed by atoms with Crippen LogP contribution in [0.1, 0.15) is 39.2 Å². The van der Waals surface area contributed by atoms with Gasteiger partial charge in [-0.2, -0.15) is 0 Å². The van der Waals surface area contributed by atoms with Gasteiger partial charge in [0, 0.05) is 12.6 Å². The number of nitrogens with zero attached hydrogens (tertiary/aromatic N) is 2. The van der Waals surface area contributed by atoms with E-state index in [-0.39, 0.29) is 29.2 Å². The summed E-state index contributed by atoms with van der Waals surface area (Å²) in [6.07, 6.45) is 2.10. The van der Waals surface area contributed by atoms with Gasteiger partial charge in [-0.1, -0.05) is 49.7 Å². The largest absolute Gasteiger partial charge is 0.497 e. The molecule has 0 fully saturated rings. The molecule has 0 aliphatic rings. The van der Waals surface area contributed by atoms with Crippen LogP contribution in [0.5, 0.6) is 5.75 Å². The van der Waals surface area contributed by atoms with Crippen molar-refractivity contribution in [3.63, 3.8) is 0 Å². The lowest BCUT2D eigenvalue weighted by Crippen LogP contribution is -2.53. The number of anilines is 1. The number of para-hydroxylation sites is 1. The molecule has 8 nitrogen and oxygen atoms in total. The van der Waals surface area contributed by atoms with Crippen molar-refractivity contribution >= 4 is 39.1 Å². The number of nitrogens with one attached hydrogen (secondary N) is 1. The third-order valence-electron chi connectivity index (χ3n) is 5.67. The summed E-state index contributed by atoms with van der Waals surface area (Å²) < 4.78 is 31.5. The number of sulfonamides is 1. The van der Waals surface area contributed by atoms with Crippen molar-refractivity contribution in [2.75, 3.05) is 24.2 Å². The van der Waals surface area contributed by atoms with Gasteiger partial charge in [-0.15, -0.1) is 0 Å². The quantitative estimate of drug-likeness (QED) is 0.456. The fourth-order valence-electron chi connectivity index (χ4n) is 3.58. The van der Waals surface area contributed by atoms with E-state index in [9.17, 15) is 18.0 Å². The van der Waals surface area contributed by atoms with Crippen molar-refractivity contribution in [3.8, 4) is 5.75 Å². The summed E-state index contributed by atoms with van der Waals surface area (Å²) in [4.78, 5) is 28.2. The van der Waals surface area contributed by atoms with E-state index < -0.39 is 28.5 Å². The van der Waals surface area contributed by atoms with Crippen LogP contribution >= 0.6 is 11.6 Å². The predicted molar refractivity (Wildman–Crippen MR) is 139 cm³/mol. The number of rotatable bonds is 12. The van der Waals surface area contributed by atoms with E-state index in [0.29, 0.717) is 12.2 Å². The molecule has 2 amide bonds. The minimum absolute atomic E-state index is 0.0686. The van der Waals surface area contributed by atoms with Crippen molar-refractivity contribution in [1.29, 1.82) is 0 Å². The lowest BCUT2D eigenvalue weighted by molar-refractivity contribution is -0.140. The van der Waals surface area contributed by atoms with Crippen LogP contribution in [0.25, 0.3) is 0 Å². The van der Waals surface area contributed by atoms with Crippen molar-refractivity contribution in [3.05, 3.63) is 59.1 Å². The van der Waals surface area contributed by atoms with Gasteiger partial charge in [0.2, 0.25) is 21.8 Å². The molecule has 0 heterocycles. The topological polar surface area (TPSA) is 96.0 Å². The minimum Gasteiger partial charge on any atom is -0.497 e. The number of carbonyl (C=O) groups is 2. The first-order chi connectivity index (χ1) is 16.5. The Bertz CT molecular complexity index is 1130. The van der Waals surface area contributed by atoms with Crippen LogP contribution in [0.15, 0.2) is 48.5 Å². The molecule has 0 saturated carbocycles. The second kappa shape index (κ2) is 12.8. The number of amides is 2. The molecule has 2 rings (SSSR count). The van der Waals surface area contributed by atoms with E-state index in [0.717, 1.165) is 22.5 Å². The SMILES string of the molecule is CC[C@H](C(=O)N[C@@H](C)CC)N(Cc1cccc(OC)c1)C(=O)CN(c1ccccc1Cl)S(C)(=O)=O. The molecule has 10 heteroatoms. The first-order valence-corrected chi connectivity index (χ1v) is 13.7. The molecule has 0 unspecified atom stereocenters. The Morgan fingerprint density at radius 1 is 1.09 bits per heavy atom. The molecule has 0 aromatic heterocycles. The smallest absolute Gasteiger partial charge is 0.244 e. The molecule has 0 radical (unpaired) electrons. The number of hydrogen-bond acceptors (Lipinski definition) is 5. The molecule has 192 valence electrons. The molecule has 0 aliphatic carbocycles. The van der Waals surface area contributed by atoms with Crippen LogP contribution < -0.4 is 14.4 Å². The van der Waals surface area contributed by atoms with Gasteiger partial charge < -0.3 is 15.0 Å². The lowest BCUT2D eigenvalue weighted by Gasteiger charge is -2.33. The lowest BCUT2D eigenvalue weighted by atomic mass is 10.1. The van der Waals surface area contributed by atoms with Crippen LogP contribution in [0, 0.1) is 0 Å². The Hall–Kier alpha value is -2.78. The molecular formula is C25H34ClN3O5S. The maximum atomic E-state index is 13.7. The zero-order valence-corrected chi connectivity index (χ0v) is 22.4. The second-order valence-corrected chi connectivity index (χ2v) is 10.7. The fraction of sp³-hybridized carbons (Fsp3) is 0.440.